The Bertz CT molecular complexity index is 808. The maximum absolute atomic E-state index is 10.6. The highest BCUT2D eigenvalue weighted by Crippen LogP contribution is 2.43. The van der Waals surface area contributed by atoms with E-state index >= 15 is 0 Å². The number of aromatic nitrogens is 3. The molecule has 138 valence electrons. The van der Waals surface area contributed by atoms with Crippen LogP contribution in [0.1, 0.15) is 38.3 Å². The summed E-state index contributed by atoms with van der Waals surface area (Å²) in [5, 5.41) is 21.2. The number of benzene rings is 1. The predicted octanol–water partition coefficient (Wildman–Crippen LogP) is 4.59. The lowest BCUT2D eigenvalue weighted by atomic mass is 10.0. The number of hydrogen-bond donors (Lipinski definition) is 2. The quantitative estimate of drug-likeness (QED) is 0.553. The molecule has 5 nitrogen and oxygen atoms in total. The van der Waals surface area contributed by atoms with E-state index in [0.29, 0.717) is 6.54 Å². The third kappa shape index (κ3) is 3.93. The van der Waals surface area contributed by atoms with Gasteiger partial charge in [0.2, 0.25) is 5.88 Å². The largest absolute Gasteiger partial charge is 0.503 e. The average Bonchev–Trinajstić information content (AvgIpc) is 3.25. The molecular weight excluding hydrogens is 326 g/mol. The van der Waals surface area contributed by atoms with Crippen molar-refractivity contribution in [3.05, 3.63) is 54.7 Å². The van der Waals surface area contributed by atoms with E-state index in [1.807, 2.05) is 45.7 Å². The van der Waals surface area contributed by atoms with E-state index in [1.54, 1.807) is 12.5 Å². The summed E-state index contributed by atoms with van der Waals surface area (Å²) in [6, 6.07) is 9.83. The summed E-state index contributed by atoms with van der Waals surface area (Å²) in [6.45, 7) is 3.66. The second-order valence-corrected chi connectivity index (χ2v) is 6.62. The standard InChI is InChI=1S/C21H27N3O2/c1-2-3-5-11-18-19(17-9-6-4-7-10-17)20(25)21(26)24(18)14-8-13-23-15-12-22-16-23/h4,6-7,9-10,12,15-16,25-26H,2-3,5,8,11,13-14H2,1H3. The maximum atomic E-state index is 10.6. The van der Waals surface area contributed by atoms with Crippen LogP contribution in [0.3, 0.4) is 0 Å². The molecule has 5 heteroatoms. The maximum Gasteiger partial charge on any atom is 0.235 e. The first-order chi connectivity index (χ1) is 12.7. The molecule has 0 amide bonds. The zero-order chi connectivity index (χ0) is 18.4. The van der Waals surface area contributed by atoms with Crippen molar-refractivity contribution in [3.63, 3.8) is 0 Å². The number of aryl methyl sites for hydroxylation is 1. The van der Waals surface area contributed by atoms with Crippen LogP contribution in [0.5, 0.6) is 11.6 Å². The molecule has 0 aliphatic rings. The molecule has 2 aromatic heterocycles. The Labute approximate surface area is 154 Å². The van der Waals surface area contributed by atoms with Crippen LogP contribution in [0.25, 0.3) is 11.1 Å². The summed E-state index contributed by atoms with van der Waals surface area (Å²) in [5.74, 6) is -0.0358. The van der Waals surface area contributed by atoms with E-state index < -0.39 is 0 Å². The first-order valence-corrected chi connectivity index (χ1v) is 9.36. The lowest BCUT2D eigenvalue weighted by Crippen LogP contribution is -2.07. The SMILES string of the molecule is CCCCCc1c(-c2ccccc2)c(O)c(O)n1CCCn1ccnc1. The van der Waals surface area contributed by atoms with Gasteiger partial charge in [0, 0.05) is 36.7 Å². The molecule has 3 rings (SSSR count). The van der Waals surface area contributed by atoms with Crippen molar-refractivity contribution in [3.8, 4) is 22.8 Å². The van der Waals surface area contributed by atoms with Crippen LogP contribution in [0.4, 0.5) is 0 Å². The molecule has 0 saturated heterocycles. The van der Waals surface area contributed by atoms with Gasteiger partial charge in [-0.1, -0.05) is 50.1 Å². The summed E-state index contributed by atoms with van der Waals surface area (Å²) in [6.07, 6.45) is 10.5. The summed E-state index contributed by atoms with van der Waals surface area (Å²) >= 11 is 0. The molecular formula is C21H27N3O2. The Balaban J connectivity index is 1.88. The van der Waals surface area contributed by atoms with Gasteiger partial charge in [-0.25, -0.2) is 4.98 Å². The van der Waals surface area contributed by atoms with Crippen LogP contribution in [-0.4, -0.2) is 24.3 Å². The molecule has 2 N–H and O–H groups in total. The van der Waals surface area contributed by atoms with Gasteiger partial charge in [-0.15, -0.1) is 0 Å². The Morgan fingerprint density at radius 3 is 2.50 bits per heavy atom. The van der Waals surface area contributed by atoms with Crippen molar-refractivity contribution in [2.75, 3.05) is 0 Å². The van der Waals surface area contributed by atoms with Crippen LogP contribution in [0.2, 0.25) is 0 Å². The van der Waals surface area contributed by atoms with Crippen molar-refractivity contribution in [1.82, 2.24) is 14.1 Å². The van der Waals surface area contributed by atoms with Crippen LogP contribution in [-0.2, 0) is 19.5 Å². The monoisotopic (exact) mass is 353 g/mol. The first-order valence-electron chi connectivity index (χ1n) is 9.36. The number of unbranched alkanes of at least 4 members (excludes halogenated alkanes) is 2. The number of imidazole rings is 1. The Kier molecular flexibility index (Phi) is 6.00. The summed E-state index contributed by atoms with van der Waals surface area (Å²) in [4.78, 5) is 4.06. The molecule has 0 aliphatic carbocycles. The number of hydrogen-bond acceptors (Lipinski definition) is 3. The molecule has 0 spiro atoms. The van der Waals surface area contributed by atoms with Gasteiger partial charge in [0.25, 0.3) is 0 Å². The number of rotatable bonds is 9. The summed E-state index contributed by atoms with van der Waals surface area (Å²) in [7, 11) is 0. The molecule has 0 unspecified atom stereocenters. The van der Waals surface area contributed by atoms with E-state index in [9.17, 15) is 10.2 Å². The van der Waals surface area contributed by atoms with Gasteiger partial charge in [0.1, 0.15) is 0 Å². The van der Waals surface area contributed by atoms with Gasteiger partial charge in [0.15, 0.2) is 5.75 Å². The second kappa shape index (κ2) is 8.61. The van der Waals surface area contributed by atoms with Gasteiger partial charge in [-0.05, 0) is 24.8 Å². The van der Waals surface area contributed by atoms with Gasteiger partial charge >= 0.3 is 0 Å². The normalized spacial score (nSPS) is 11.1. The zero-order valence-corrected chi connectivity index (χ0v) is 15.3. The molecule has 1 aromatic carbocycles. The average molecular weight is 353 g/mol. The molecule has 2 heterocycles. The minimum atomic E-state index is -0.0269. The Hall–Kier alpha value is -2.69. The fraction of sp³-hybridized carbons (Fsp3) is 0.381. The van der Waals surface area contributed by atoms with Gasteiger partial charge in [-0.2, -0.15) is 0 Å². The van der Waals surface area contributed by atoms with Crippen LogP contribution in [0.15, 0.2) is 49.1 Å². The van der Waals surface area contributed by atoms with E-state index in [0.717, 1.165) is 55.5 Å². The lowest BCUT2D eigenvalue weighted by molar-refractivity contribution is 0.365. The predicted molar refractivity (Wildman–Crippen MR) is 103 cm³/mol. The van der Waals surface area contributed by atoms with E-state index in [4.69, 9.17) is 0 Å². The van der Waals surface area contributed by atoms with Gasteiger partial charge < -0.3 is 19.3 Å². The molecule has 0 aliphatic heterocycles. The molecule has 0 bridgehead atoms. The van der Waals surface area contributed by atoms with Crippen molar-refractivity contribution in [2.24, 2.45) is 0 Å². The lowest BCUT2D eigenvalue weighted by Gasteiger charge is -2.12. The van der Waals surface area contributed by atoms with Crippen LogP contribution in [0, 0.1) is 0 Å². The molecule has 0 saturated carbocycles. The van der Waals surface area contributed by atoms with Crippen molar-refractivity contribution in [2.45, 2.75) is 52.1 Å². The highest BCUT2D eigenvalue weighted by atomic mass is 16.3. The Morgan fingerprint density at radius 2 is 1.81 bits per heavy atom. The van der Waals surface area contributed by atoms with Crippen molar-refractivity contribution >= 4 is 0 Å². The molecule has 0 fully saturated rings. The van der Waals surface area contributed by atoms with Crippen LogP contribution < -0.4 is 0 Å². The zero-order valence-electron chi connectivity index (χ0n) is 15.3. The molecule has 0 atom stereocenters. The minimum absolute atomic E-state index is 0.00895. The summed E-state index contributed by atoms with van der Waals surface area (Å²) < 4.78 is 3.90. The first kappa shape index (κ1) is 18.1. The summed E-state index contributed by atoms with van der Waals surface area (Å²) in [5.41, 5.74) is 2.73. The highest BCUT2D eigenvalue weighted by molar-refractivity contribution is 5.76. The Morgan fingerprint density at radius 1 is 1.00 bits per heavy atom. The fourth-order valence-electron chi connectivity index (χ4n) is 3.42. The van der Waals surface area contributed by atoms with Crippen molar-refractivity contribution < 1.29 is 10.2 Å². The fourth-order valence-corrected chi connectivity index (χ4v) is 3.42. The molecule has 0 radical (unpaired) electrons. The minimum Gasteiger partial charge on any atom is -0.503 e. The smallest absolute Gasteiger partial charge is 0.235 e. The van der Waals surface area contributed by atoms with Crippen LogP contribution >= 0.6 is 0 Å². The molecule has 3 aromatic rings. The van der Waals surface area contributed by atoms with E-state index in [1.165, 1.54) is 0 Å². The third-order valence-corrected chi connectivity index (χ3v) is 4.76. The third-order valence-electron chi connectivity index (χ3n) is 4.76. The molecule has 26 heavy (non-hydrogen) atoms. The number of aromatic hydroxyl groups is 2. The second-order valence-electron chi connectivity index (χ2n) is 6.62. The van der Waals surface area contributed by atoms with Gasteiger partial charge in [-0.3, -0.25) is 0 Å². The topological polar surface area (TPSA) is 63.2 Å². The van der Waals surface area contributed by atoms with E-state index in [2.05, 4.69) is 11.9 Å². The van der Waals surface area contributed by atoms with Gasteiger partial charge in [0.05, 0.1) is 6.33 Å². The van der Waals surface area contributed by atoms with Crippen molar-refractivity contribution in [1.29, 1.82) is 0 Å². The van der Waals surface area contributed by atoms with E-state index in [-0.39, 0.29) is 11.6 Å². The number of nitrogens with zero attached hydrogens (tertiary/aromatic N) is 3. The highest BCUT2D eigenvalue weighted by Gasteiger charge is 2.22.